The highest BCUT2D eigenvalue weighted by Gasteiger charge is 2.39. The van der Waals surface area contributed by atoms with Gasteiger partial charge in [-0.05, 0) is 11.6 Å². The van der Waals surface area contributed by atoms with Gasteiger partial charge in [0.15, 0.2) is 0 Å². The average Bonchev–Trinajstić information content (AvgIpc) is 3.22. The quantitative estimate of drug-likeness (QED) is 0.428. The smallest absolute Gasteiger partial charge is 0.475 e. The Hall–Kier alpha value is -4.50. The number of alkyl halides is 9. The van der Waals surface area contributed by atoms with Crippen molar-refractivity contribution in [1.29, 1.82) is 5.26 Å². The van der Waals surface area contributed by atoms with Crippen molar-refractivity contribution in [3.8, 4) is 6.07 Å². The third-order valence-electron chi connectivity index (χ3n) is 3.23. The first kappa shape index (κ1) is 31.5. The standard InChI is InChI=1S/C11H6N4.3C2HF3O2/c12-4-7-3-8-1-2-10-9(6-14-15-10)11(8)13-5-7;3*3-2(4,5)1(6)7/h1-2,5-6H,3H2;3*(H,6,7). The highest BCUT2D eigenvalue weighted by molar-refractivity contribution is 5.73. The molecule has 0 radical (unpaired) electrons. The monoisotopic (exact) mass is 536 g/mol. The minimum atomic E-state index is -5.08. The third-order valence-corrected chi connectivity index (χ3v) is 3.23. The highest BCUT2D eigenvalue weighted by Crippen LogP contribution is 2.15. The molecule has 0 atom stereocenters. The molecule has 0 aliphatic carbocycles. The van der Waals surface area contributed by atoms with E-state index in [-0.39, 0.29) is 0 Å². The van der Waals surface area contributed by atoms with Gasteiger partial charge < -0.3 is 15.3 Å². The number of rotatable bonds is 0. The van der Waals surface area contributed by atoms with Crippen LogP contribution < -0.4 is 10.6 Å². The van der Waals surface area contributed by atoms with Gasteiger partial charge in [0.1, 0.15) is 0 Å². The second-order valence-corrected chi connectivity index (χ2v) is 5.83. The van der Waals surface area contributed by atoms with Gasteiger partial charge in [0, 0.05) is 17.8 Å². The maximum atomic E-state index is 10.6. The lowest BCUT2D eigenvalue weighted by molar-refractivity contribution is -0.193. The highest BCUT2D eigenvalue weighted by atomic mass is 19.4. The molecule has 0 bridgehead atoms. The summed E-state index contributed by atoms with van der Waals surface area (Å²) in [6.45, 7) is 0. The van der Waals surface area contributed by atoms with Crippen molar-refractivity contribution in [3.05, 3.63) is 40.0 Å². The first-order valence-corrected chi connectivity index (χ1v) is 8.32. The molecular weight excluding hydrogens is 527 g/mol. The number of carbonyl (C=O) groups is 3. The second kappa shape index (κ2) is 12.3. The van der Waals surface area contributed by atoms with Crippen LogP contribution in [0, 0.1) is 11.3 Å². The Balaban J connectivity index is 0.000000501. The molecule has 2 aliphatic heterocycles. The van der Waals surface area contributed by atoms with Gasteiger partial charge in [0.2, 0.25) is 0 Å². The number of carboxylic acids is 3. The maximum Gasteiger partial charge on any atom is 0.490 e. The first-order valence-electron chi connectivity index (χ1n) is 8.32. The van der Waals surface area contributed by atoms with Crippen LogP contribution in [0.1, 0.15) is 5.56 Å². The van der Waals surface area contributed by atoms with E-state index < -0.39 is 36.4 Å². The van der Waals surface area contributed by atoms with E-state index in [9.17, 15) is 39.5 Å². The zero-order valence-corrected chi connectivity index (χ0v) is 16.8. The summed E-state index contributed by atoms with van der Waals surface area (Å²) >= 11 is 0. The molecule has 10 nitrogen and oxygen atoms in total. The van der Waals surface area contributed by atoms with Gasteiger partial charge in [-0.1, -0.05) is 6.07 Å². The van der Waals surface area contributed by atoms with E-state index in [2.05, 4.69) is 21.3 Å². The van der Waals surface area contributed by atoms with Gasteiger partial charge in [-0.2, -0.15) is 55.0 Å². The van der Waals surface area contributed by atoms with Crippen LogP contribution in [0.15, 0.2) is 39.1 Å². The molecule has 0 amide bonds. The Morgan fingerprint density at radius 1 is 0.806 bits per heavy atom. The Morgan fingerprint density at radius 3 is 1.58 bits per heavy atom. The third kappa shape index (κ3) is 10.6. The molecule has 0 saturated carbocycles. The summed E-state index contributed by atoms with van der Waals surface area (Å²) in [7, 11) is 0. The summed E-state index contributed by atoms with van der Waals surface area (Å²) in [6.07, 6.45) is -11.3. The van der Waals surface area contributed by atoms with Crippen LogP contribution in [0.2, 0.25) is 0 Å². The fourth-order valence-electron chi connectivity index (χ4n) is 1.76. The lowest BCUT2D eigenvalue weighted by Crippen LogP contribution is -2.29. The molecular formula is C17H9F9N4O6. The Bertz CT molecular complexity index is 1170. The van der Waals surface area contributed by atoms with Crippen molar-refractivity contribution in [2.24, 2.45) is 15.2 Å². The van der Waals surface area contributed by atoms with Gasteiger partial charge in [-0.15, -0.1) is 0 Å². The maximum absolute atomic E-state index is 10.6. The Labute approximate surface area is 191 Å². The summed E-state index contributed by atoms with van der Waals surface area (Å²) in [4.78, 5) is 31.0. The van der Waals surface area contributed by atoms with Crippen molar-refractivity contribution in [2.45, 2.75) is 24.9 Å². The molecule has 3 rings (SSSR count). The number of carboxylic acid groups (broad SMARTS) is 3. The van der Waals surface area contributed by atoms with Crippen molar-refractivity contribution in [3.63, 3.8) is 0 Å². The van der Waals surface area contributed by atoms with Crippen LogP contribution in [-0.4, -0.2) is 51.8 Å². The van der Waals surface area contributed by atoms with Crippen LogP contribution >= 0.6 is 0 Å². The second-order valence-electron chi connectivity index (χ2n) is 5.83. The number of hydrogen-bond acceptors (Lipinski definition) is 7. The average molecular weight is 536 g/mol. The van der Waals surface area contributed by atoms with Gasteiger partial charge in [0.25, 0.3) is 0 Å². The summed E-state index contributed by atoms with van der Waals surface area (Å²) in [5.41, 5.74) is 2.61. The molecule has 196 valence electrons. The van der Waals surface area contributed by atoms with Gasteiger partial charge >= 0.3 is 36.4 Å². The molecule has 0 fully saturated rings. The topological polar surface area (TPSA) is 173 Å². The van der Waals surface area contributed by atoms with E-state index in [1.165, 1.54) is 0 Å². The molecule has 3 N–H and O–H groups in total. The Morgan fingerprint density at radius 2 is 1.22 bits per heavy atom. The van der Waals surface area contributed by atoms with Crippen molar-refractivity contribution >= 4 is 29.8 Å². The molecule has 36 heavy (non-hydrogen) atoms. The molecule has 1 aromatic carbocycles. The van der Waals surface area contributed by atoms with Crippen molar-refractivity contribution in [1.82, 2.24) is 0 Å². The van der Waals surface area contributed by atoms with Crippen molar-refractivity contribution in [2.75, 3.05) is 0 Å². The molecule has 0 aromatic heterocycles. The van der Waals surface area contributed by atoms with E-state index >= 15 is 0 Å². The number of benzene rings is 1. The van der Waals surface area contributed by atoms with Crippen LogP contribution in [0.3, 0.4) is 0 Å². The minimum Gasteiger partial charge on any atom is -0.475 e. The first-order chi connectivity index (χ1) is 16.2. The largest absolute Gasteiger partial charge is 0.490 e. The number of aliphatic carboxylic acids is 3. The zero-order chi connectivity index (χ0) is 28.5. The number of hydrogen-bond donors (Lipinski definition) is 3. The molecule has 19 heteroatoms. The molecule has 1 aromatic rings. The van der Waals surface area contributed by atoms with Crippen LogP contribution in [0.25, 0.3) is 6.20 Å². The van der Waals surface area contributed by atoms with E-state index in [1.54, 1.807) is 12.4 Å². The van der Waals surface area contributed by atoms with E-state index in [0.29, 0.717) is 12.0 Å². The Kier molecular flexibility index (Phi) is 10.7. The summed E-state index contributed by atoms with van der Waals surface area (Å²) < 4.78 is 95.2. The number of azo groups is 1. The van der Waals surface area contributed by atoms with E-state index in [0.717, 1.165) is 21.8 Å². The summed E-state index contributed by atoms with van der Waals surface area (Å²) in [5, 5.41) is 39.8. The number of halogens is 9. The molecule has 2 heterocycles. The number of nitrogens with zero attached hydrogens (tertiary/aromatic N) is 4. The van der Waals surface area contributed by atoms with Gasteiger partial charge in [-0.25, -0.2) is 14.4 Å². The van der Waals surface area contributed by atoms with Crippen molar-refractivity contribution < 1.29 is 69.2 Å². The lowest BCUT2D eigenvalue weighted by Gasteiger charge is -2.05. The van der Waals surface area contributed by atoms with Crippen LogP contribution in [-0.2, 0) is 20.8 Å². The van der Waals surface area contributed by atoms with Crippen LogP contribution in [0.5, 0.6) is 0 Å². The van der Waals surface area contributed by atoms with Gasteiger partial charge in [0.05, 0.1) is 28.9 Å². The zero-order valence-electron chi connectivity index (χ0n) is 16.8. The van der Waals surface area contributed by atoms with E-state index in [4.69, 9.17) is 35.0 Å². The number of allylic oxidation sites excluding steroid dienone is 1. The van der Waals surface area contributed by atoms with Gasteiger partial charge in [-0.3, -0.25) is 4.99 Å². The number of fused-ring (bicyclic) bond motifs is 3. The fourth-order valence-corrected chi connectivity index (χ4v) is 1.76. The van der Waals surface area contributed by atoms with Crippen LogP contribution in [0.4, 0.5) is 45.2 Å². The summed E-state index contributed by atoms with van der Waals surface area (Å²) in [5.74, 6) is -8.27. The molecule has 0 saturated heterocycles. The normalized spacial score (nSPS) is 13.1. The lowest BCUT2D eigenvalue weighted by atomic mass is 10.0. The molecule has 0 spiro atoms. The SMILES string of the molecule is N#CC1=CN=c2c(ccc3c2=CN=N3)C1.O=C(O)C(F)(F)F.O=C(O)C(F)(F)F.O=C(O)C(F)(F)F. The number of nitriles is 1. The predicted molar refractivity (Wildman–Crippen MR) is 94.7 cm³/mol. The minimum absolute atomic E-state index is 0.649. The fraction of sp³-hybridized carbons (Fsp3) is 0.235. The summed E-state index contributed by atoms with van der Waals surface area (Å²) in [6, 6.07) is 5.99. The molecule has 0 unspecified atom stereocenters. The van der Waals surface area contributed by atoms with E-state index in [1.807, 2.05) is 12.1 Å². The molecule has 2 aliphatic rings. The predicted octanol–water partition coefficient (Wildman–Crippen LogP) is 3.00.